The molecule has 2 heterocycles. The van der Waals surface area contributed by atoms with Crippen LogP contribution in [0.15, 0.2) is 48.7 Å². The van der Waals surface area contributed by atoms with Gasteiger partial charge in [0, 0.05) is 38.9 Å². The molecule has 0 saturated carbocycles. The first-order valence-electron chi connectivity index (χ1n) is 8.99. The average Bonchev–Trinajstić information content (AvgIpc) is 2.72. The number of nitrogens with zero attached hydrogens (tertiary/aromatic N) is 3. The van der Waals surface area contributed by atoms with Gasteiger partial charge in [-0.3, -0.25) is 9.59 Å². The zero-order valence-electron chi connectivity index (χ0n) is 14.8. The molecule has 2 amide bonds. The van der Waals surface area contributed by atoms with Crippen molar-refractivity contribution < 1.29 is 9.59 Å². The highest BCUT2D eigenvalue weighted by Crippen LogP contribution is 2.11. The Kier molecular flexibility index (Phi) is 6.19. The van der Waals surface area contributed by atoms with E-state index in [4.69, 9.17) is 0 Å². The van der Waals surface area contributed by atoms with E-state index in [0.717, 1.165) is 31.6 Å². The molecule has 1 aliphatic rings. The second-order valence-electron chi connectivity index (χ2n) is 6.38. The molecule has 0 spiro atoms. The third-order valence-electron chi connectivity index (χ3n) is 4.55. The molecule has 0 atom stereocenters. The van der Waals surface area contributed by atoms with E-state index in [2.05, 4.69) is 34.6 Å². The van der Waals surface area contributed by atoms with E-state index in [1.54, 1.807) is 22.1 Å². The van der Waals surface area contributed by atoms with Crippen LogP contribution in [0.5, 0.6) is 0 Å². The van der Waals surface area contributed by atoms with Crippen LogP contribution in [0.4, 0.5) is 5.82 Å². The van der Waals surface area contributed by atoms with E-state index in [1.807, 2.05) is 12.1 Å². The van der Waals surface area contributed by atoms with Gasteiger partial charge in [-0.15, -0.1) is 0 Å². The number of pyridine rings is 1. The maximum Gasteiger partial charge on any atom is 0.255 e. The minimum atomic E-state index is -0.0290. The minimum Gasteiger partial charge on any atom is -0.370 e. The summed E-state index contributed by atoms with van der Waals surface area (Å²) in [7, 11) is 0. The molecule has 136 valence electrons. The van der Waals surface area contributed by atoms with Gasteiger partial charge in [0.2, 0.25) is 6.41 Å². The van der Waals surface area contributed by atoms with E-state index < -0.39 is 0 Å². The second-order valence-corrected chi connectivity index (χ2v) is 6.38. The summed E-state index contributed by atoms with van der Waals surface area (Å²) in [5.74, 6) is 0.749. The number of amides is 2. The number of benzene rings is 1. The van der Waals surface area contributed by atoms with Crippen LogP contribution < -0.4 is 5.32 Å². The molecule has 6 nitrogen and oxygen atoms in total. The Bertz CT molecular complexity index is 710. The highest BCUT2D eigenvalue weighted by molar-refractivity contribution is 5.94. The lowest BCUT2D eigenvalue weighted by molar-refractivity contribution is -0.119. The van der Waals surface area contributed by atoms with Gasteiger partial charge in [-0.05, 0) is 30.5 Å². The first-order chi connectivity index (χ1) is 12.8. The molecule has 0 unspecified atom stereocenters. The third-order valence-corrected chi connectivity index (χ3v) is 4.55. The van der Waals surface area contributed by atoms with Crippen molar-refractivity contribution in [3.05, 3.63) is 59.8 Å². The van der Waals surface area contributed by atoms with Gasteiger partial charge in [-0.1, -0.05) is 30.3 Å². The molecular formula is C20H24N4O2. The Labute approximate surface area is 153 Å². The van der Waals surface area contributed by atoms with Crippen molar-refractivity contribution in [2.45, 2.75) is 12.8 Å². The molecule has 1 N–H and O–H groups in total. The molecular weight excluding hydrogens is 328 g/mol. The number of carbonyl (C=O) groups is 2. The van der Waals surface area contributed by atoms with Gasteiger partial charge < -0.3 is 15.1 Å². The maximum atomic E-state index is 12.5. The molecule has 1 aliphatic heterocycles. The summed E-state index contributed by atoms with van der Waals surface area (Å²) in [5.41, 5.74) is 1.91. The van der Waals surface area contributed by atoms with Gasteiger partial charge in [-0.25, -0.2) is 4.98 Å². The predicted molar refractivity (Wildman–Crippen MR) is 101 cm³/mol. The molecule has 1 saturated heterocycles. The summed E-state index contributed by atoms with van der Waals surface area (Å²) >= 11 is 0. The third kappa shape index (κ3) is 4.81. The fourth-order valence-corrected chi connectivity index (χ4v) is 2.99. The Morgan fingerprint density at radius 2 is 1.85 bits per heavy atom. The number of hydrogen-bond donors (Lipinski definition) is 1. The summed E-state index contributed by atoms with van der Waals surface area (Å²) < 4.78 is 0. The van der Waals surface area contributed by atoms with Gasteiger partial charge in [0.25, 0.3) is 5.91 Å². The maximum absolute atomic E-state index is 12.5. The lowest BCUT2D eigenvalue weighted by Gasteiger charge is -2.32. The SMILES string of the molecule is O=CN1CCN(C(=O)c2ccc(NCCCc3ccccc3)nc2)CC1. The Morgan fingerprint density at radius 3 is 2.50 bits per heavy atom. The average molecular weight is 352 g/mol. The van der Waals surface area contributed by atoms with Crippen LogP contribution in [0, 0.1) is 0 Å². The molecule has 26 heavy (non-hydrogen) atoms. The van der Waals surface area contributed by atoms with E-state index in [9.17, 15) is 9.59 Å². The van der Waals surface area contributed by atoms with Crippen LogP contribution >= 0.6 is 0 Å². The monoisotopic (exact) mass is 352 g/mol. The topological polar surface area (TPSA) is 65.5 Å². The zero-order chi connectivity index (χ0) is 18.2. The van der Waals surface area contributed by atoms with Crippen molar-refractivity contribution in [2.75, 3.05) is 38.0 Å². The van der Waals surface area contributed by atoms with Crippen molar-refractivity contribution in [3.8, 4) is 0 Å². The molecule has 0 bridgehead atoms. The highest BCUT2D eigenvalue weighted by atomic mass is 16.2. The summed E-state index contributed by atoms with van der Waals surface area (Å²) in [4.78, 5) is 31.0. The number of rotatable bonds is 7. The predicted octanol–water partition coefficient (Wildman–Crippen LogP) is 2.04. The quantitative estimate of drug-likeness (QED) is 0.612. The molecule has 6 heteroatoms. The number of aryl methyl sites for hydroxylation is 1. The number of anilines is 1. The van der Waals surface area contributed by atoms with E-state index in [0.29, 0.717) is 31.7 Å². The normalized spacial score (nSPS) is 14.2. The van der Waals surface area contributed by atoms with Gasteiger partial charge in [-0.2, -0.15) is 0 Å². The first kappa shape index (κ1) is 17.9. The van der Waals surface area contributed by atoms with Crippen molar-refractivity contribution in [1.82, 2.24) is 14.8 Å². The molecule has 0 radical (unpaired) electrons. The lowest BCUT2D eigenvalue weighted by Crippen LogP contribution is -2.48. The lowest BCUT2D eigenvalue weighted by atomic mass is 10.1. The van der Waals surface area contributed by atoms with Crippen LogP contribution in [-0.2, 0) is 11.2 Å². The standard InChI is InChI=1S/C20H24N4O2/c25-16-23-11-13-24(14-12-23)20(26)18-8-9-19(22-15-18)21-10-4-7-17-5-2-1-3-6-17/h1-3,5-6,8-9,15-16H,4,7,10-14H2,(H,21,22). The number of piperazine rings is 1. The Balaban J connectivity index is 1.44. The van der Waals surface area contributed by atoms with Crippen LogP contribution in [0.3, 0.4) is 0 Å². The molecule has 1 aromatic heterocycles. The van der Waals surface area contributed by atoms with Gasteiger partial charge in [0.1, 0.15) is 5.82 Å². The van der Waals surface area contributed by atoms with Gasteiger partial charge in [0.05, 0.1) is 5.56 Å². The first-order valence-corrected chi connectivity index (χ1v) is 8.99. The van der Waals surface area contributed by atoms with Crippen LogP contribution in [0.25, 0.3) is 0 Å². The molecule has 1 aromatic carbocycles. The number of aromatic nitrogens is 1. The zero-order valence-corrected chi connectivity index (χ0v) is 14.8. The fraction of sp³-hybridized carbons (Fsp3) is 0.350. The smallest absolute Gasteiger partial charge is 0.255 e. The van der Waals surface area contributed by atoms with Crippen LogP contribution in [-0.4, -0.2) is 59.8 Å². The van der Waals surface area contributed by atoms with Gasteiger partial charge >= 0.3 is 0 Å². The minimum absolute atomic E-state index is 0.0290. The fourth-order valence-electron chi connectivity index (χ4n) is 2.99. The van der Waals surface area contributed by atoms with Crippen molar-refractivity contribution >= 4 is 18.1 Å². The van der Waals surface area contributed by atoms with Crippen LogP contribution in [0.1, 0.15) is 22.3 Å². The summed E-state index contributed by atoms with van der Waals surface area (Å²) in [6.07, 6.45) is 4.50. The van der Waals surface area contributed by atoms with Crippen LogP contribution in [0.2, 0.25) is 0 Å². The van der Waals surface area contributed by atoms with E-state index in [-0.39, 0.29) is 5.91 Å². The van der Waals surface area contributed by atoms with E-state index in [1.165, 1.54) is 5.56 Å². The number of nitrogens with one attached hydrogen (secondary N) is 1. The number of carbonyl (C=O) groups excluding carboxylic acids is 2. The summed E-state index contributed by atoms with van der Waals surface area (Å²) in [5, 5.41) is 3.29. The Hall–Kier alpha value is -2.89. The second kappa shape index (κ2) is 8.99. The van der Waals surface area contributed by atoms with Crippen molar-refractivity contribution in [2.24, 2.45) is 0 Å². The molecule has 2 aromatic rings. The van der Waals surface area contributed by atoms with Gasteiger partial charge in [0.15, 0.2) is 0 Å². The largest absolute Gasteiger partial charge is 0.370 e. The van der Waals surface area contributed by atoms with Crippen molar-refractivity contribution in [1.29, 1.82) is 0 Å². The molecule has 0 aliphatic carbocycles. The van der Waals surface area contributed by atoms with E-state index >= 15 is 0 Å². The summed E-state index contributed by atoms with van der Waals surface area (Å²) in [6, 6.07) is 14.0. The summed E-state index contributed by atoms with van der Waals surface area (Å²) in [6.45, 7) is 3.14. The Morgan fingerprint density at radius 1 is 1.08 bits per heavy atom. The molecule has 1 fully saturated rings. The molecule has 3 rings (SSSR count). The highest BCUT2D eigenvalue weighted by Gasteiger charge is 2.21. The van der Waals surface area contributed by atoms with Crippen molar-refractivity contribution in [3.63, 3.8) is 0 Å². The number of hydrogen-bond acceptors (Lipinski definition) is 4.